The second kappa shape index (κ2) is 7.02. The first-order chi connectivity index (χ1) is 11.1. The molecule has 23 heavy (non-hydrogen) atoms. The highest BCUT2D eigenvalue weighted by Gasteiger charge is 2.26. The first-order valence-corrected chi connectivity index (χ1v) is 8.44. The zero-order chi connectivity index (χ0) is 16.2. The second-order valence-electron chi connectivity index (χ2n) is 6.56. The highest BCUT2D eigenvalue weighted by Crippen LogP contribution is 2.27. The van der Waals surface area contributed by atoms with Gasteiger partial charge in [-0.15, -0.1) is 0 Å². The molecule has 0 heterocycles. The third-order valence-electron chi connectivity index (χ3n) is 4.53. The second-order valence-corrected chi connectivity index (χ2v) is 6.56. The summed E-state index contributed by atoms with van der Waals surface area (Å²) in [4.78, 5) is 23.5. The van der Waals surface area contributed by atoms with Gasteiger partial charge >= 0.3 is 0 Å². The maximum atomic E-state index is 12.0. The number of hydrogen-bond acceptors (Lipinski definition) is 3. The Hall–Kier alpha value is -2.04. The Morgan fingerprint density at radius 1 is 1.17 bits per heavy atom. The van der Waals surface area contributed by atoms with Gasteiger partial charge in [-0.3, -0.25) is 9.59 Å². The topological polar surface area (TPSA) is 67.4 Å². The summed E-state index contributed by atoms with van der Waals surface area (Å²) in [7, 11) is 0. The van der Waals surface area contributed by atoms with Gasteiger partial charge in [0.1, 0.15) is 5.75 Å². The number of carbonyl (C=O) groups is 2. The van der Waals surface area contributed by atoms with Crippen LogP contribution in [0.3, 0.4) is 0 Å². The predicted molar refractivity (Wildman–Crippen MR) is 87.0 cm³/mol. The molecule has 2 saturated carbocycles. The van der Waals surface area contributed by atoms with Crippen LogP contribution in [0.25, 0.3) is 0 Å². The molecule has 2 aliphatic rings. The molecule has 1 aromatic rings. The van der Waals surface area contributed by atoms with Crippen LogP contribution in [-0.2, 0) is 9.59 Å². The van der Waals surface area contributed by atoms with E-state index in [4.69, 9.17) is 4.74 Å². The van der Waals surface area contributed by atoms with Crippen LogP contribution in [0, 0.1) is 5.92 Å². The smallest absolute Gasteiger partial charge is 0.258 e. The van der Waals surface area contributed by atoms with E-state index in [1.165, 1.54) is 0 Å². The third-order valence-corrected chi connectivity index (χ3v) is 4.53. The maximum Gasteiger partial charge on any atom is 0.258 e. The molecule has 1 aromatic carbocycles. The number of benzene rings is 1. The first-order valence-electron chi connectivity index (χ1n) is 8.44. The fourth-order valence-electron chi connectivity index (χ4n) is 2.58. The van der Waals surface area contributed by atoms with Crippen molar-refractivity contribution in [2.45, 2.75) is 51.1 Å². The summed E-state index contributed by atoms with van der Waals surface area (Å²) in [6.07, 6.45) is 5.32. The molecule has 0 spiro atoms. The molecule has 2 fully saturated rings. The van der Waals surface area contributed by atoms with Crippen molar-refractivity contribution in [2.24, 2.45) is 5.92 Å². The lowest BCUT2D eigenvalue weighted by atomic mass is 9.84. The molecule has 0 aromatic heterocycles. The highest BCUT2D eigenvalue weighted by molar-refractivity contribution is 5.79. The van der Waals surface area contributed by atoms with E-state index in [1.807, 2.05) is 31.2 Å². The first kappa shape index (κ1) is 15.8. The number of nitrogens with one attached hydrogen (secondary N) is 2. The highest BCUT2D eigenvalue weighted by atomic mass is 16.5. The van der Waals surface area contributed by atoms with E-state index in [-0.39, 0.29) is 30.4 Å². The quantitative estimate of drug-likeness (QED) is 0.811. The van der Waals surface area contributed by atoms with Crippen LogP contribution < -0.4 is 15.4 Å². The predicted octanol–water partition coefficient (Wildman–Crippen LogP) is 2.32. The Morgan fingerprint density at radius 3 is 2.43 bits per heavy atom. The Morgan fingerprint density at radius 2 is 1.87 bits per heavy atom. The van der Waals surface area contributed by atoms with Crippen LogP contribution in [0.5, 0.6) is 5.75 Å². The molecule has 2 amide bonds. The molecule has 0 unspecified atom stereocenters. The van der Waals surface area contributed by atoms with Crippen molar-refractivity contribution in [3.05, 3.63) is 29.8 Å². The summed E-state index contributed by atoms with van der Waals surface area (Å²) in [6.45, 7) is 2.03. The Bertz CT molecular complexity index is 562. The minimum atomic E-state index is -0.0716. The molecule has 5 heteroatoms. The third kappa shape index (κ3) is 4.47. The number of ether oxygens (including phenoxy) is 1. The van der Waals surface area contributed by atoms with Crippen LogP contribution in [0.1, 0.15) is 50.6 Å². The van der Waals surface area contributed by atoms with Gasteiger partial charge in [0.2, 0.25) is 5.91 Å². The Balaban J connectivity index is 1.45. The summed E-state index contributed by atoms with van der Waals surface area (Å²) in [5, 5.41) is 5.94. The molecule has 2 aliphatic carbocycles. The fourth-order valence-corrected chi connectivity index (χ4v) is 2.58. The van der Waals surface area contributed by atoms with E-state index >= 15 is 0 Å². The number of hydrogen-bond donors (Lipinski definition) is 2. The van der Waals surface area contributed by atoms with Gasteiger partial charge in [0, 0.05) is 12.0 Å². The zero-order valence-corrected chi connectivity index (χ0v) is 13.5. The van der Waals surface area contributed by atoms with E-state index in [9.17, 15) is 9.59 Å². The lowest BCUT2D eigenvalue weighted by Gasteiger charge is -2.26. The monoisotopic (exact) mass is 316 g/mol. The largest absolute Gasteiger partial charge is 0.484 e. The fraction of sp³-hybridized carbons (Fsp3) is 0.556. The van der Waals surface area contributed by atoms with Crippen LogP contribution in [0.15, 0.2) is 24.3 Å². The van der Waals surface area contributed by atoms with E-state index in [2.05, 4.69) is 10.6 Å². The van der Waals surface area contributed by atoms with E-state index in [1.54, 1.807) is 0 Å². The molecule has 1 atom stereocenters. The van der Waals surface area contributed by atoms with E-state index in [0.717, 1.165) is 37.7 Å². The summed E-state index contributed by atoms with van der Waals surface area (Å²) < 4.78 is 5.48. The van der Waals surface area contributed by atoms with Crippen molar-refractivity contribution in [1.82, 2.24) is 10.6 Å². The molecule has 0 radical (unpaired) electrons. The van der Waals surface area contributed by atoms with Crippen molar-refractivity contribution in [2.75, 3.05) is 6.61 Å². The maximum absolute atomic E-state index is 12.0. The molecule has 124 valence electrons. The van der Waals surface area contributed by atoms with Gasteiger partial charge in [0.25, 0.3) is 5.91 Å². The van der Waals surface area contributed by atoms with E-state index in [0.29, 0.717) is 11.8 Å². The van der Waals surface area contributed by atoms with Crippen molar-refractivity contribution >= 4 is 11.8 Å². The summed E-state index contributed by atoms with van der Waals surface area (Å²) in [6, 6.07) is 7.88. The molecular weight excluding hydrogens is 292 g/mol. The summed E-state index contributed by atoms with van der Waals surface area (Å²) in [5.41, 5.74) is 1.03. The number of rotatable bonds is 7. The standard InChI is InChI=1S/C18H24N2O3/c1-12(19-18(22)14-3-2-4-14)13-5-9-16(10-6-13)23-11-17(21)20-15-7-8-15/h5-6,9-10,12,14-15H,2-4,7-8,11H2,1H3,(H,19,22)(H,20,21)/t12-/m0/s1. The number of amides is 2. The van der Waals surface area contributed by atoms with Gasteiger partial charge in [0.15, 0.2) is 6.61 Å². The van der Waals surface area contributed by atoms with Crippen molar-refractivity contribution < 1.29 is 14.3 Å². The zero-order valence-electron chi connectivity index (χ0n) is 13.5. The lowest BCUT2D eigenvalue weighted by molar-refractivity contribution is -0.128. The lowest BCUT2D eigenvalue weighted by Crippen LogP contribution is -2.35. The minimum Gasteiger partial charge on any atom is -0.484 e. The van der Waals surface area contributed by atoms with Crippen LogP contribution in [-0.4, -0.2) is 24.5 Å². The average Bonchev–Trinajstić information content (AvgIpc) is 3.27. The van der Waals surface area contributed by atoms with Crippen molar-refractivity contribution in [3.63, 3.8) is 0 Å². The van der Waals surface area contributed by atoms with Crippen LogP contribution in [0.4, 0.5) is 0 Å². The van der Waals surface area contributed by atoms with Gasteiger partial charge in [-0.25, -0.2) is 0 Å². The molecule has 0 aliphatic heterocycles. The normalized spacial score (nSPS) is 18.7. The summed E-state index contributed by atoms with van der Waals surface area (Å²) in [5.74, 6) is 0.945. The van der Waals surface area contributed by atoms with E-state index < -0.39 is 0 Å². The van der Waals surface area contributed by atoms with Gasteiger partial charge in [-0.1, -0.05) is 18.6 Å². The van der Waals surface area contributed by atoms with Gasteiger partial charge in [0.05, 0.1) is 6.04 Å². The summed E-state index contributed by atoms with van der Waals surface area (Å²) >= 11 is 0. The van der Waals surface area contributed by atoms with Gasteiger partial charge in [-0.05, 0) is 50.3 Å². The molecule has 3 rings (SSSR count). The van der Waals surface area contributed by atoms with Gasteiger partial charge < -0.3 is 15.4 Å². The van der Waals surface area contributed by atoms with Crippen LogP contribution >= 0.6 is 0 Å². The Labute approximate surface area is 136 Å². The molecule has 0 bridgehead atoms. The number of carbonyl (C=O) groups excluding carboxylic acids is 2. The molecule has 5 nitrogen and oxygen atoms in total. The van der Waals surface area contributed by atoms with Crippen molar-refractivity contribution in [1.29, 1.82) is 0 Å². The van der Waals surface area contributed by atoms with Crippen LogP contribution in [0.2, 0.25) is 0 Å². The van der Waals surface area contributed by atoms with Gasteiger partial charge in [-0.2, -0.15) is 0 Å². The molecular formula is C18H24N2O3. The Kier molecular flexibility index (Phi) is 4.84. The average molecular weight is 316 g/mol. The minimum absolute atomic E-state index is 0.0182. The van der Waals surface area contributed by atoms with Crippen molar-refractivity contribution in [3.8, 4) is 5.75 Å². The SMILES string of the molecule is C[C@H](NC(=O)C1CCC1)c1ccc(OCC(=O)NC2CC2)cc1. The molecule has 0 saturated heterocycles. The molecule has 2 N–H and O–H groups in total.